The number of hydrogen-bond donors (Lipinski definition) is 1. The monoisotopic (exact) mass is 498 g/mol. The van der Waals surface area contributed by atoms with E-state index in [1.54, 1.807) is 47.2 Å². The van der Waals surface area contributed by atoms with E-state index in [0.29, 0.717) is 40.3 Å². The highest BCUT2D eigenvalue weighted by Crippen LogP contribution is 2.31. The maximum atomic E-state index is 14.8. The number of furan rings is 1. The third-order valence-corrected chi connectivity index (χ3v) is 6.62. The molecule has 0 saturated carbocycles. The zero-order valence-corrected chi connectivity index (χ0v) is 20.3. The summed E-state index contributed by atoms with van der Waals surface area (Å²) in [6.45, 7) is 2.35. The van der Waals surface area contributed by atoms with Crippen LogP contribution in [0.3, 0.4) is 0 Å². The van der Waals surface area contributed by atoms with Crippen molar-refractivity contribution in [3.63, 3.8) is 0 Å². The molecule has 0 saturated heterocycles. The molecule has 0 aliphatic carbocycles. The maximum absolute atomic E-state index is 14.8. The summed E-state index contributed by atoms with van der Waals surface area (Å²) < 4.78 is 21.8. The minimum absolute atomic E-state index is 0.173. The van der Waals surface area contributed by atoms with Gasteiger partial charge in [0, 0.05) is 16.9 Å². The Bertz CT molecular complexity index is 1460. The van der Waals surface area contributed by atoms with Gasteiger partial charge in [0.05, 0.1) is 18.5 Å². The van der Waals surface area contributed by atoms with Gasteiger partial charge in [-0.15, -0.1) is 10.2 Å². The quantitative estimate of drug-likeness (QED) is 0.258. The van der Waals surface area contributed by atoms with Gasteiger partial charge in [-0.05, 0) is 48.9 Å². The Morgan fingerprint density at radius 1 is 0.972 bits per heavy atom. The number of hydrogen-bond acceptors (Lipinski definition) is 5. The first-order valence-corrected chi connectivity index (χ1v) is 12.4. The van der Waals surface area contributed by atoms with Gasteiger partial charge in [-0.2, -0.15) is 0 Å². The number of nitrogens with zero attached hydrogens (tertiary/aromatic N) is 3. The van der Waals surface area contributed by atoms with Crippen molar-refractivity contribution in [3.8, 4) is 17.1 Å². The van der Waals surface area contributed by atoms with Gasteiger partial charge in [-0.25, -0.2) is 4.39 Å². The molecule has 0 atom stereocenters. The molecule has 180 valence electrons. The van der Waals surface area contributed by atoms with Crippen LogP contribution in [0.4, 0.5) is 4.39 Å². The smallest absolute Gasteiger partial charge is 0.251 e. The van der Waals surface area contributed by atoms with Crippen molar-refractivity contribution in [3.05, 3.63) is 119 Å². The molecule has 8 heteroatoms. The highest BCUT2D eigenvalue weighted by Gasteiger charge is 2.18. The first kappa shape index (κ1) is 23.6. The Labute approximate surface area is 212 Å². The van der Waals surface area contributed by atoms with Gasteiger partial charge in [0.15, 0.2) is 11.0 Å². The lowest BCUT2D eigenvalue weighted by Crippen LogP contribution is -2.22. The van der Waals surface area contributed by atoms with Crippen molar-refractivity contribution in [2.24, 2.45) is 0 Å². The minimum atomic E-state index is -0.350. The fraction of sp³-hybridized carbons (Fsp3) is 0.107. The SMILES string of the molecule is Cc1ccc(-c2nnc(SCc3ccc(C(=O)NCc4ccco4)cc3)n2-c2ccccc2F)cc1. The molecule has 6 nitrogen and oxygen atoms in total. The van der Waals surface area contributed by atoms with Gasteiger partial charge in [-0.1, -0.05) is 65.9 Å². The van der Waals surface area contributed by atoms with Gasteiger partial charge >= 0.3 is 0 Å². The van der Waals surface area contributed by atoms with Crippen molar-refractivity contribution in [2.75, 3.05) is 0 Å². The second-order valence-corrected chi connectivity index (χ2v) is 9.15. The number of para-hydroxylation sites is 1. The van der Waals surface area contributed by atoms with E-state index in [9.17, 15) is 9.18 Å². The maximum Gasteiger partial charge on any atom is 0.251 e. The summed E-state index contributed by atoms with van der Waals surface area (Å²) in [6, 6.07) is 25.5. The summed E-state index contributed by atoms with van der Waals surface area (Å²) in [5.74, 6) is 1.32. The Hall–Kier alpha value is -4.17. The molecule has 1 amide bonds. The van der Waals surface area contributed by atoms with Crippen LogP contribution in [0.25, 0.3) is 17.1 Å². The molecule has 0 radical (unpaired) electrons. The van der Waals surface area contributed by atoms with Gasteiger partial charge in [0.25, 0.3) is 5.91 Å². The van der Waals surface area contributed by atoms with Crippen molar-refractivity contribution >= 4 is 17.7 Å². The molecule has 0 aliphatic heterocycles. The van der Waals surface area contributed by atoms with Crippen molar-refractivity contribution in [1.29, 1.82) is 0 Å². The first-order chi connectivity index (χ1) is 17.6. The molecule has 2 heterocycles. The molecule has 2 aromatic heterocycles. The van der Waals surface area contributed by atoms with Crippen LogP contribution in [0.15, 0.2) is 101 Å². The number of thioether (sulfide) groups is 1. The fourth-order valence-corrected chi connectivity index (χ4v) is 4.59. The lowest BCUT2D eigenvalue weighted by molar-refractivity contribution is 0.0948. The van der Waals surface area contributed by atoms with Crippen LogP contribution >= 0.6 is 11.8 Å². The lowest BCUT2D eigenvalue weighted by atomic mass is 10.1. The largest absolute Gasteiger partial charge is 0.467 e. The lowest BCUT2D eigenvalue weighted by Gasteiger charge is -2.11. The number of benzene rings is 3. The Morgan fingerprint density at radius 2 is 1.75 bits per heavy atom. The highest BCUT2D eigenvalue weighted by molar-refractivity contribution is 7.98. The third-order valence-electron chi connectivity index (χ3n) is 5.62. The Morgan fingerprint density at radius 3 is 2.47 bits per heavy atom. The highest BCUT2D eigenvalue weighted by atomic mass is 32.2. The predicted molar refractivity (Wildman–Crippen MR) is 137 cm³/mol. The van der Waals surface area contributed by atoms with Gasteiger partial charge in [0.2, 0.25) is 0 Å². The zero-order valence-electron chi connectivity index (χ0n) is 19.5. The number of aromatic nitrogens is 3. The molecule has 0 aliphatic rings. The summed E-state index contributed by atoms with van der Waals surface area (Å²) in [5, 5.41) is 12.2. The van der Waals surface area contributed by atoms with Crippen LogP contribution in [0, 0.1) is 12.7 Å². The van der Waals surface area contributed by atoms with Gasteiger partial charge in [-0.3, -0.25) is 9.36 Å². The summed E-state index contributed by atoms with van der Waals surface area (Å²) in [7, 11) is 0. The molecule has 1 N–H and O–H groups in total. The second kappa shape index (κ2) is 10.6. The number of amides is 1. The summed E-state index contributed by atoms with van der Waals surface area (Å²) in [5.41, 5.74) is 3.94. The summed E-state index contributed by atoms with van der Waals surface area (Å²) >= 11 is 1.45. The second-order valence-electron chi connectivity index (χ2n) is 8.21. The van der Waals surface area contributed by atoms with Crippen molar-refractivity contribution in [2.45, 2.75) is 24.4 Å². The van der Waals surface area contributed by atoms with Crippen molar-refractivity contribution < 1.29 is 13.6 Å². The average Bonchev–Trinajstić information content (AvgIpc) is 3.57. The number of carbonyl (C=O) groups excluding carboxylic acids is 1. The molecule has 0 spiro atoms. The van der Waals surface area contributed by atoms with Crippen LogP contribution in [0.1, 0.15) is 27.2 Å². The minimum Gasteiger partial charge on any atom is -0.467 e. The van der Waals surface area contributed by atoms with E-state index in [1.165, 1.54) is 17.8 Å². The molecule has 5 aromatic rings. The normalized spacial score (nSPS) is 10.9. The van der Waals surface area contributed by atoms with E-state index in [2.05, 4.69) is 15.5 Å². The van der Waals surface area contributed by atoms with Gasteiger partial charge < -0.3 is 9.73 Å². The molecule has 36 heavy (non-hydrogen) atoms. The molecule has 0 fully saturated rings. The van der Waals surface area contributed by atoms with Crippen LogP contribution in [0.5, 0.6) is 0 Å². The van der Waals surface area contributed by atoms with E-state index < -0.39 is 0 Å². The predicted octanol–water partition coefficient (Wildman–Crippen LogP) is 6.20. The number of halogens is 1. The molecule has 5 rings (SSSR count). The Kier molecular flexibility index (Phi) is 6.95. The standard InChI is InChI=1S/C28H23FN4O2S/c1-19-8-12-21(13-9-19)26-31-32-28(33(26)25-7-3-2-6-24(25)29)36-18-20-10-14-22(15-11-20)27(34)30-17-23-5-4-16-35-23/h2-16H,17-18H2,1H3,(H,30,34). The number of nitrogens with one attached hydrogen (secondary N) is 1. The van der Waals surface area contributed by atoms with E-state index in [1.807, 2.05) is 49.4 Å². The first-order valence-electron chi connectivity index (χ1n) is 11.4. The molecule has 3 aromatic carbocycles. The van der Waals surface area contributed by atoms with Crippen LogP contribution < -0.4 is 5.32 Å². The van der Waals surface area contributed by atoms with E-state index in [-0.39, 0.29) is 11.7 Å². The summed E-state index contributed by atoms with van der Waals surface area (Å²) in [6.07, 6.45) is 1.57. The third kappa shape index (κ3) is 5.23. The van der Waals surface area contributed by atoms with E-state index >= 15 is 0 Å². The molecule has 0 bridgehead atoms. The average molecular weight is 499 g/mol. The molecular weight excluding hydrogens is 475 g/mol. The summed E-state index contributed by atoms with van der Waals surface area (Å²) in [4.78, 5) is 12.4. The van der Waals surface area contributed by atoms with Crippen molar-refractivity contribution in [1.82, 2.24) is 20.1 Å². The van der Waals surface area contributed by atoms with E-state index in [0.717, 1.165) is 16.7 Å². The number of carbonyl (C=O) groups is 1. The number of rotatable bonds is 8. The number of aryl methyl sites for hydroxylation is 1. The zero-order chi connectivity index (χ0) is 24.9. The van der Waals surface area contributed by atoms with Crippen LogP contribution in [-0.4, -0.2) is 20.7 Å². The van der Waals surface area contributed by atoms with Crippen LogP contribution in [0.2, 0.25) is 0 Å². The van der Waals surface area contributed by atoms with Crippen LogP contribution in [-0.2, 0) is 12.3 Å². The fourth-order valence-electron chi connectivity index (χ4n) is 3.69. The van der Waals surface area contributed by atoms with E-state index in [4.69, 9.17) is 4.42 Å². The Balaban J connectivity index is 1.34. The molecular formula is C28H23FN4O2S. The topological polar surface area (TPSA) is 73.0 Å². The van der Waals surface area contributed by atoms with Gasteiger partial charge in [0.1, 0.15) is 11.6 Å². The molecule has 0 unspecified atom stereocenters.